The molecule has 1 fully saturated rings. The van der Waals surface area contributed by atoms with E-state index in [0.29, 0.717) is 6.54 Å². The van der Waals surface area contributed by atoms with Crippen molar-refractivity contribution >= 4 is 23.2 Å². The van der Waals surface area contributed by atoms with E-state index in [1.165, 1.54) is 18.4 Å². The second kappa shape index (κ2) is 7.56. The fourth-order valence-electron chi connectivity index (χ4n) is 3.27. The molecule has 6 nitrogen and oxygen atoms in total. The van der Waals surface area contributed by atoms with Crippen molar-refractivity contribution in [1.29, 1.82) is 0 Å². The molecule has 0 saturated heterocycles. The van der Waals surface area contributed by atoms with Crippen LogP contribution in [0.25, 0.3) is 5.65 Å². The molecule has 1 aliphatic carbocycles. The number of benzene rings is 1. The van der Waals surface area contributed by atoms with E-state index >= 15 is 0 Å². The van der Waals surface area contributed by atoms with Crippen LogP contribution in [0.15, 0.2) is 53.7 Å². The number of hydrogen-bond acceptors (Lipinski definition) is 3. The zero-order chi connectivity index (χ0) is 18.7. The average Bonchev–Trinajstić information content (AvgIpc) is 3.37. The lowest BCUT2D eigenvalue weighted by Gasteiger charge is -2.19. The van der Waals surface area contributed by atoms with Gasteiger partial charge in [-0.3, -0.25) is 4.40 Å². The van der Waals surface area contributed by atoms with Gasteiger partial charge in [0.05, 0.1) is 0 Å². The number of halogens is 1. The van der Waals surface area contributed by atoms with Gasteiger partial charge in [0.15, 0.2) is 17.4 Å². The topological polar surface area (TPSA) is 66.6 Å². The van der Waals surface area contributed by atoms with E-state index in [-0.39, 0.29) is 5.41 Å². The van der Waals surface area contributed by atoms with Gasteiger partial charge in [-0.1, -0.05) is 29.8 Å². The van der Waals surface area contributed by atoms with Gasteiger partial charge in [0, 0.05) is 29.7 Å². The highest BCUT2D eigenvalue weighted by atomic mass is 35.5. The molecule has 1 aliphatic rings. The summed E-state index contributed by atoms with van der Waals surface area (Å²) in [6.07, 6.45) is 4.31. The molecule has 0 aliphatic heterocycles. The average molecular weight is 383 g/mol. The lowest BCUT2D eigenvalue weighted by atomic mass is 9.96. The van der Waals surface area contributed by atoms with Gasteiger partial charge in [0.1, 0.15) is 6.54 Å². The van der Waals surface area contributed by atoms with Crippen LogP contribution in [-0.4, -0.2) is 33.6 Å². The van der Waals surface area contributed by atoms with Gasteiger partial charge in [0.2, 0.25) is 0 Å². The molecule has 27 heavy (non-hydrogen) atoms. The lowest BCUT2D eigenvalue weighted by molar-refractivity contribution is 0.645. The third-order valence-electron chi connectivity index (χ3n) is 5.01. The molecule has 2 N–H and O–H groups in total. The number of nitrogens with one attached hydrogen (secondary N) is 2. The SMILES string of the molecule is CCNC(=NCc1nnc2ccccn12)NCC1(c2ccc(Cl)cc2)CC1. The van der Waals surface area contributed by atoms with E-state index in [1.807, 2.05) is 40.9 Å². The molecule has 1 saturated carbocycles. The molecule has 0 bridgehead atoms. The Morgan fingerprint density at radius 1 is 1.15 bits per heavy atom. The zero-order valence-corrected chi connectivity index (χ0v) is 16.1. The van der Waals surface area contributed by atoms with E-state index in [9.17, 15) is 0 Å². The Labute approximate surface area is 163 Å². The van der Waals surface area contributed by atoms with Crippen LogP contribution in [0.5, 0.6) is 0 Å². The number of guanidine groups is 1. The standard InChI is InChI=1S/C20H23ClN6/c1-2-22-19(23-13-18-26-25-17-5-3-4-12-27(17)18)24-14-20(10-11-20)15-6-8-16(21)9-7-15/h3-9,12H,2,10-11,13-14H2,1H3,(H2,22,23,24). The van der Waals surface area contributed by atoms with Crippen molar-refractivity contribution in [2.75, 3.05) is 13.1 Å². The lowest BCUT2D eigenvalue weighted by Crippen LogP contribution is -2.41. The maximum absolute atomic E-state index is 6.02. The summed E-state index contributed by atoms with van der Waals surface area (Å²) in [6.45, 7) is 4.19. The Morgan fingerprint density at radius 2 is 1.96 bits per heavy atom. The zero-order valence-electron chi connectivity index (χ0n) is 15.3. The summed E-state index contributed by atoms with van der Waals surface area (Å²) < 4.78 is 1.96. The Balaban J connectivity index is 1.45. The van der Waals surface area contributed by atoms with Crippen molar-refractivity contribution in [3.63, 3.8) is 0 Å². The van der Waals surface area contributed by atoms with Crippen LogP contribution in [0, 0.1) is 0 Å². The van der Waals surface area contributed by atoms with E-state index in [0.717, 1.165) is 35.5 Å². The molecule has 0 unspecified atom stereocenters. The normalized spacial score (nSPS) is 15.7. The minimum absolute atomic E-state index is 0.183. The molecule has 7 heteroatoms. The second-order valence-corrected chi connectivity index (χ2v) is 7.32. The molecule has 1 aromatic carbocycles. The van der Waals surface area contributed by atoms with E-state index < -0.39 is 0 Å². The molecular formula is C20H23ClN6. The summed E-state index contributed by atoms with van der Waals surface area (Å²) in [5.74, 6) is 1.62. The molecule has 2 heterocycles. The van der Waals surface area contributed by atoms with Crippen LogP contribution in [0.4, 0.5) is 0 Å². The van der Waals surface area contributed by atoms with E-state index in [4.69, 9.17) is 16.6 Å². The number of aliphatic imine (C=N–C) groups is 1. The largest absolute Gasteiger partial charge is 0.357 e. The van der Waals surface area contributed by atoms with Gasteiger partial charge in [-0.05, 0) is 49.6 Å². The Bertz CT molecular complexity index is 943. The smallest absolute Gasteiger partial charge is 0.191 e. The highest BCUT2D eigenvalue weighted by Gasteiger charge is 2.44. The van der Waals surface area contributed by atoms with Gasteiger partial charge >= 0.3 is 0 Å². The van der Waals surface area contributed by atoms with E-state index in [2.05, 4.69) is 39.9 Å². The number of fused-ring (bicyclic) bond motifs is 1. The third-order valence-corrected chi connectivity index (χ3v) is 5.26. The predicted octanol–water partition coefficient (Wildman–Crippen LogP) is 3.17. The summed E-state index contributed by atoms with van der Waals surface area (Å²) in [5, 5.41) is 16.0. The van der Waals surface area contributed by atoms with E-state index in [1.54, 1.807) is 0 Å². The molecule has 0 amide bonds. The van der Waals surface area contributed by atoms with Gasteiger partial charge in [-0.2, -0.15) is 0 Å². The third kappa shape index (κ3) is 3.90. The summed E-state index contributed by atoms with van der Waals surface area (Å²) >= 11 is 6.02. The first-order valence-corrected chi connectivity index (χ1v) is 9.65. The summed E-state index contributed by atoms with van der Waals surface area (Å²) in [7, 11) is 0. The minimum atomic E-state index is 0.183. The Morgan fingerprint density at radius 3 is 2.70 bits per heavy atom. The summed E-state index contributed by atoms with van der Waals surface area (Å²) in [5.41, 5.74) is 2.35. The summed E-state index contributed by atoms with van der Waals surface area (Å²) in [6, 6.07) is 14.0. The highest BCUT2D eigenvalue weighted by molar-refractivity contribution is 6.30. The molecule has 0 spiro atoms. The Kier molecular flexibility index (Phi) is 4.99. The number of pyridine rings is 1. The molecule has 140 valence electrons. The van der Waals surface area contributed by atoms with Gasteiger partial charge in [-0.15, -0.1) is 10.2 Å². The van der Waals surface area contributed by atoms with Crippen molar-refractivity contribution in [3.8, 4) is 0 Å². The molecule has 0 radical (unpaired) electrons. The van der Waals surface area contributed by atoms with Crippen molar-refractivity contribution in [3.05, 3.63) is 65.1 Å². The second-order valence-electron chi connectivity index (χ2n) is 6.88. The molecule has 0 atom stereocenters. The van der Waals surface area contributed by atoms with Crippen molar-refractivity contribution in [1.82, 2.24) is 25.2 Å². The van der Waals surface area contributed by atoms with Gasteiger partial charge < -0.3 is 10.6 Å². The quantitative estimate of drug-likeness (QED) is 0.507. The fourth-order valence-corrected chi connectivity index (χ4v) is 3.39. The van der Waals surface area contributed by atoms with Crippen LogP contribution >= 0.6 is 11.6 Å². The van der Waals surface area contributed by atoms with Crippen LogP contribution in [-0.2, 0) is 12.0 Å². The fraction of sp³-hybridized carbons (Fsp3) is 0.350. The molecule has 4 rings (SSSR count). The first kappa shape index (κ1) is 17.8. The number of hydrogen-bond donors (Lipinski definition) is 2. The van der Waals surface area contributed by atoms with Crippen molar-refractivity contribution < 1.29 is 0 Å². The summed E-state index contributed by atoms with van der Waals surface area (Å²) in [4.78, 5) is 4.69. The first-order chi connectivity index (χ1) is 13.2. The van der Waals surface area contributed by atoms with Crippen LogP contribution in [0.3, 0.4) is 0 Å². The maximum Gasteiger partial charge on any atom is 0.191 e. The van der Waals surface area contributed by atoms with Crippen molar-refractivity contribution in [2.24, 2.45) is 4.99 Å². The Hall–Kier alpha value is -2.60. The van der Waals surface area contributed by atoms with Gasteiger partial charge in [0.25, 0.3) is 0 Å². The molecule has 3 aromatic rings. The van der Waals surface area contributed by atoms with Gasteiger partial charge in [-0.25, -0.2) is 4.99 Å². The molecule has 2 aromatic heterocycles. The molecular weight excluding hydrogens is 360 g/mol. The first-order valence-electron chi connectivity index (χ1n) is 9.27. The van der Waals surface area contributed by atoms with Crippen molar-refractivity contribution in [2.45, 2.75) is 31.7 Å². The number of nitrogens with zero attached hydrogens (tertiary/aromatic N) is 4. The number of rotatable bonds is 6. The van der Waals surface area contributed by atoms with Crippen LogP contribution in [0.1, 0.15) is 31.2 Å². The van der Waals surface area contributed by atoms with Crippen LogP contribution < -0.4 is 10.6 Å². The van der Waals surface area contributed by atoms with Crippen LogP contribution in [0.2, 0.25) is 5.02 Å². The maximum atomic E-state index is 6.02. The predicted molar refractivity (Wildman–Crippen MR) is 108 cm³/mol. The monoisotopic (exact) mass is 382 g/mol. The minimum Gasteiger partial charge on any atom is -0.357 e. The highest BCUT2D eigenvalue weighted by Crippen LogP contribution is 2.47. The number of aromatic nitrogens is 3.